The van der Waals surface area contributed by atoms with Crippen LogP contribution in [0.4, 0.5) is 0 Å². The number of benzene rings is 1. The van der Waals surface area contributed by atoms with Crippen molar-refractivity contribution in [2.45, 2.75) is 19.4 Å². The summed E-state index contributed by atoms with van der Waals surface area (Å²) < 4.78 is 3.04. The van der Waals surface area contributed by atoms with E-state index >= 15 is 0 Å². The molecule has 0 fully saturated rings. The average molecular weight is 325 g/mol. The van der Waals surface area contributed by atoms with Crippen LogP contribution in [-0.4, -0.2) is 25.5 Å². The minimum absolute atomic E-state index is 0.158. The molecule has 0 bridgehead atoms. The molecule has 0 spiro atoms. The van der Waals surface area contributed by atoms with E-state index in [4.69, 9.17) is 0 Å². The van der Waals surface area contributed by atoms with Crippen LogP contribution in [0.15, 0.2) is 53.6 Å². The number of hydrogen-bond donors (Lipinski definition) is 2. The molecule has 0 aliphatic rings. The number of rotatable bonds is 5. The fourth-order valence-corrected chi connectivity index (χ4v) is 2.56. The second kappa shape index (κ2) is 6.57. The van der Waals surface area contributed by atoms with Crippen molar-refractivity contribution < 1.29 is 4.79 Å². The number of H-pyrrole nitrogens is 1. The Labute approximate surface area is 138 Å². The molecule has 0 saturated carbocycles. The van der Waals surface area contributed by atoms with Crippen LogP contribution in [0.2, 0.25) is 0 Å². The Balaban J connectivity index is 1.82. The summed E-state index contributed by atoms with van der Waals surface area (Å²) in [5.41, 5.74) is 1.56. The van der Waals surface area contributed by atoms with Crippen LogP contribution in [0.5, 0.6) is 0 Å². The number of para-hydroxylation sites is 1. The Kier molecular flexibility index (Phi) is 4.33. The molecular weight excluding hydrogens is 306 g/mol. The van der Waals surface area contributed by atoms with Crippen molar-refractivity contribution in [2.24, 2.45) is 7.05 Å². The Morgan fingerprint density at radius 1 is 1.33 bits per heavy atom. The first-order valence-electron chi connectivity index (χ1n) is 7.75. The second-order valence-electron chi connectivity index (χ2n) is 5.56. The van der Waals surface area contributed by atoms with Crippen molar-refractivity contribution in [3.05, 3.63) is 70.4 Å². The molecule has 2 heterocycles. The van der Waals surface area contributed by atoms with Crippen LogP contribution < -0.4 is 10.9 Å². The van der Waals surface area contributed by atoms with Gasteiger partial charge in [0.15, 0.2) is 0 Å². The van der Waals surface area contributed by atoms with Gasteiger partial charge in [0.25, 0.3) is 11.5 Å². The highest BCUT2D eigenvalue weighted by atomic mass is 16.2. The summed E-state index contributed by atoms with van der Waals surface area (Å²) in [6, 6.07) is 10.3. The predicted octanol–water partition coefficient (Wildman–Crippen LogP) is 1.78. The van der Waals surface area contributed by atoms with Gasteiger partial charge < -0.3 is 5.32 Å². The minimum atomic E-state index is -0.322. The Morgan fingerprint density at radius 3 is 2.71 bits per heavy atom. The Bertz CT molecular complexity index is 891. The fourth-order valence-electron chi connectivity index (χ4n) is 2.56. The molecule has 7 nitrogen and oxygen atoms in total. The highest BCUT2D eigenvalue weighted by molar-refractivity contribution is 5.92. The lowest BCUT2D eigenvalue weighted by molar-refractivity contribution is 0.0930. The molecule has 1 aromatic carbocycles. The lowest BCUT2D eigenvalue weighted by Gasteiger charge is -2.14. The van der Waals surface area contributed by atoms with Gasteiger partial charge in [0.2, 0.25) is 0 Å². The zero-order valence-electron chi connectivity index (χ0n) is 13.6. The van der Waals surface area contributed by atoms with Gasteiger partial charge in [-0.15, -0.1) is 0 Å². The number of nitrogens with one attached hydrogen (secondary N) is 2. The van der Waals surface area contributed by atoms with Crippen LogP contribution >= 0.6 is 0 Å². The number of carbonyl (C=O) groups is 1. The molecule has 1 atom stereocenters. The molecule has 7 heteroatoms. The number of hydrogen-bond acceptors (Lipinski definition) is 3. The van der Waals surface area contributed by atoms with E-state index in [1.54, 1.807) is 23.0 Å². The Morgan fingerprint density at radius 2 is 2.08 bits per heavy atom. The van der Waals surface area contributed by atoms with Gasteiger partial charge in [0, 0.05) is 24.9 Å². The van der Waals surface area contributed by atoms with E-state index in [-0.39, 0.29) is 23.2 Å². The maximum atomic E-state index is 12.5. The van der Waals surface area contributed by atoms with Gasteiger partial charge in [0.05, 0.1) is 17.9 Å². The molecule has 124 valence electrons. The van der Waals surface area contributed by atoms with Crippen LogP contribution in [0.1, 0.15) is 35.4 Å². The molecule has 0 aliphatic heterocycles. The van der Waals surface area contributed by atoms with E-state index in [2.05, 4.69) is 15.5 Å². The summed E-state index contributed by atoms with van der Waals surface area (Å²) in [6.45, 7) is 1.98. The Hall–Kier alpha value is -3.09. The van der Waals surface area contributed by atoms with Crippen molar-refractivity contribution in [3.8, 4) is 5.69 Å². The van der Waals surface area contributed by atoms with Crippen LogP contribution in [0.3, 0.4) is 0 Å². The van der Waals surface area contributed by atoms with E-state index in [1.165, 1.54) is 10.7 Å². The van der Waals surface area contributed by atoms with Crippen molar-refractivity contribution in [1.29, 1.82) is 0 Å². The minimum Gasteiger partial charge on any atom is -0.344 e. The first-order chi connectivity index (χ1) is 11.6. The largest absolute Gasteiger partial charge is 0.344 e. The van der Waals surface area contributed by atoms with E-state index in [9.17, 15) is 9.59 Å². The van der Waals surface area contributed by atoms with Gasteiger partial charge in [-0.1, -0.05) is 25.1 Å². The monoisotopic (exact) mass is 325 g/mol. The lowest BCUT2D eigenvalue weighted by atomic mass is 10.1. The standard InChI is InChI=1S/C17H19N5O2/c1-3-14(12-10-18-21(2)11-12)19-17(24)15-9-16(23)22(20-15)13-7-5-4-6-8-13/h4-11,14,20H,3H2,1-2H3,(H,19,24)/t14-/m0/s1. The average Bonchev–Trinajstić information content (AvgIpc) is 3.19. The summed E-state index contributed by atoms with van der Waals surface area (Å²) in [7, 11) is 1.83. The molecule has 0 saturated heterocycles. The van der Waals surface area contributed by atoms with Gasteiger partial charge in [0.1, 0.15) is 5.69 Å². The molecule has 1 amide bonds. The second-order valence-corrected chi connectivity index (χ2v) is 5.56. The molecule has 3 aromatic rings. The topological polar surface area (TPSA) is 84.7 Å². The molecule has 0 aliphatic carbocycles. The van der Waals surface area contributed by atoms with Gasteiger partial charge in [-0.3, -0.25) is 19.4 Å². The van der Waals surface area contributed by atoms with Gasteiger partial charge >= 0.3 is 0 Å². The third-order valence-electron chi connectivity index (χ3n) is 3.82. The lowest BCUT2D eigenvalue weighted by Crippen LogP contribution is -2.28. The van der Waals surface area contributed by atoms with Gasteiger partial charge in [-0.2, -0.15) is 5.10 Å². The molecule has 3 rings (SSSR count). The molecule has 2 N–H and O–H groups in total. The first-order valence-corrected chi connectivity index (χ1v) is 7.75. The maximum absolute atomic E-state index is 12.5. The van der Waals surface area contributed by atoms with Crippen molar-refractivity contribution in [2.75, 3.05) is 0 Å². The quantitative estimate of drug-likeness (QED) is 0.750. The summed E-state index contributed by atoms with van der Waals surface area (Å²) in [5.74, 6) is -0.322. The summed E-state index contributed by atoms with van der Waals surface area (Å²) in [5, 5.41) is 9.91. The van der Waals surface area contributed by atoms with Crippen molar-refractivity contribution in [1.82, 2.24) is 24.9 Å². The molecule has 24 heavy (non-hydrogen) atoms. The van der Waals surface area contributed by atoms with E-state index in [0.717, 1.165) is 12.0 Å². The fraction of sp³-hybridized carbons (Fsp3) is 0.235. The maximum Gasteiger partial charge on any atom is 0.271 e. The number of nitrogens with zero attached hydrogens (tertiary/aromatic N) is 3. The van der Waals surface area contributed by atoms with Crippen molar-refractivity contribution >= 4 is 5.91 Å². The normalized spacial score (nSPS) is 12.1. The third kappa shape index (κ3) is 3.15. The van der Waals surface area contributed by atoms with Crippen LogP contribution in [-0.2, 0) is 7.05 Å². The SMILES string of the molecule is CC[C@H](NC(=O)c1cc(=O)n(-c2ccccc2)[nH]1)c1cnn(C)c1. The number of aromatic nitrogens is 4. The van der Waals surface area contributed by atoms with Crippen LogP contribution in [0.25, 0.3) is 5.69 Å². The van der Waals surface area contributed by atoms with E-state index in [1.807, 2.05) is 38.4 Å². The number of amides is 1. The predicted molar refractivity (Wildman–Crippen MR) is 90.1 cm³/mol. The zero-order chi connectivity index (χ0) is 17.1. The number of aryl methyl sites for hydroxylation is 1. The summed E-state index contributed by atoms with van der Waals surface area (Å²) >= 11 is 0. The number of carbonyl (C=O) groups excluding carboxylic acids is 1. The highest BCUT2D eigenvalue weighted by Gasteiger charge is 2.18. The third-order valence-corrected chi connectivity index (χ3v) is 3.82. The molecule has 2 aromatic heterocycles. The van der Waals surface area contributed by atoms with E-state index < -0.39 is 0 Å². The molecule has 0 radical (unpaired) electrons. The zero-order valence-corrected chi connectivity index (χ0v) is 13.6. The highest BCUT2D eigenvalue weighted by Crippen LogP contribution is 2.16. The summed E-state index contributed by atoms with van der Waals surface area (Å²) in [4.78, 5) is 24.6. The van der Waals surface area contributed by atoms with Gasteiger partial charge in [-0.25, -0.2) is 4.68 Å². The van der Waals surface area contributed by atoms with E-state index in [0.29, 0.717) is 5.69 Å². The van der Waals surface area contributed by atoms with Gasteiger partial charge in [-0.05, 0) is 18.6 Å². The smallest absolute Gasteiger partial charge is 0.271 e. The summed E-state index contributed by atoms with van der Waals surface area (Å²) in [6.07, 6.45) is 4.32. The molecule has 0 unspecified atom stereocenters. The van der Waals surface area contributed by atoms with Crippen LogP contribution in [0, 0.1) is 0 Å². The first kappa shape index (κ1) is 15.8. The molecular formula is C17H19N5O2. The van der Waals surface area contributed by atoms with Crippen molar-refractivity contribution in [3.63, 3.8) is 0 Å². The number of aromatic amines is 1.